The summed E-state index contributed by atoms with van der Waals surface area (Å²) in [5.74, 6) is 0.133. The van der Waals surface area contributed by atoms with Crippen molar-refractivity contribution < 1.29 is 14.3 Å². The van der Waals surface area contributed by atoms with Gasteiger partial charge in [0.05, 0.1) is 19.3 Å². The number of ether oxygens (including phenoxy) is 1. The van der Waals surface area contributed by atoms with Gasteiger partial charge in [0.2, 0.25) is 5.91 Å². The third-order valence-corrected chi connectivity index (χ3v) is 6.09. The second kappa shape index (κ2) is 10.1. The van der Waals surface area contributed by atoms with Crippen molar-refractivity contribution in [2.45, 2.75) is 32.4 Å². The highest BCUT2D eigenvalue weighted by molar-refractivity contribution is 5.94. The Hall–Kier alpha value is -2.70. The Labute approximate surface area is 184 Å². The molecule has 0 saturated carbocycles. The van der Waals surface area contributed by atoms with E-state index in [1.165, 1.54) is 5.56 Å². The first-order valence-corrected chi connectivity index (χ1v) is 11.1. The van der Waals surface area contributed by atoms with Gasteiger partial charge >= 0.3 is 0 Å². The monoisotopic (exact) mass is 421 g/mol. The largest absolute Gasteiger partial charge is 0.379 e. The summed E-state index contributed by atoms with van der Waals surface area (Å²) in [6.07, 6.45) is 1.58. The Morgan fingerprint density at radius 1 is 1.03 bits per heavy atom. The summed E-state index contributed by atoms with van der Waals surface area (Å²) < 4.78 is 5.46. The molecule has 6 nitrogen and oxygen atoms in total. The van der Waals surface area contributed by atoms with E-state index in [0.29, 0.717) is 18.5 Å². The number of carbonyl (C=O) groups excluding carboxylic acids is 2. The fraction of sp³-hybridized carbons (Fsp3) is 0.440. The van der Waals surface area contributed by atoms with Gasteiger partial charge < -0.3 is 15.0 Å². The molecule has 2 aromatic rings. The summed E-state index contributed by atoms with van der Waals surface area (Å²) in [4.78, 5) is 29.1. The highest BCUT2D eigenvalue weighted by Crippen LogP contribution is 2.19. The Balaban J connectivity index is 1.43. The molecule has 2 fully saturated rings. The Kier molecular flexibility index (Phi) is 6.99. The molecule has 6 heteroatoms. The van der Waals surface area contributed by atoms with Crippen LogP contribution >= 0.6 is 0 Å². The minimum Gasteiger partial charge on any atom is -0.379 e. The number of rotatable bonds is 7. The molecule has 1 N–H and O–H groups in total. The van der Waals surface area contributed by atoms with Crippen molar-refractivity contribution >= 4 is 11.8 Å². The van der Waals surface area contributed by atoms with Crippen molar-refractivity contribution in [3.63, 3.8) is 0 Å². The first kappa shape index (κ1) is 21.5. The molecule has 0 spiro atoms. The number of hydrogen-bond acceptors (Lipinski definition) is 4. The maximum atomic E-state index is 13.0. The zero-order valence-electron chi connectivity index (χ0n) is 18.2. The molecule has 0 bridgehead atoms. The van der Waals surface area contributed by atoms with Crippen molar-refractivity contribution in [1.29, 1.82) is 0 Å². The number of benzene rings is 2. The minimum atomic E-state index is -0.0897. The van der Waals surface area contributed by atoms with Crippen LogP contribution in [0.3, 0.4) is 0 Å². The lowest BCUT2D eigenvalue weighted by molar-refractivity contribution is -0.128. The van der Waals surface area contributed by atoms with Crippen LogP contribution in [0.15, 0.2) is 48.5 Å². The molecule has 2 aliphatic heterocycles. The summed E-state index contributed by atoms with van der Waals surface area (Å²) in [6, 6.07) is 15.9. The summed E-state index contributed by atoms with van der Waals surface area (Å²) in [5, 5.41) is 3.23. The van der Waals surface area contributed by atoms with E-state index in [1.54, 1.807) is 0 Å². The quantitative estimate of drug-likeness (QED) is 0.747. The predicted molar refractivity (Wildman–Crippen MR) is 120 cm³/mol. The van der Waals surface area contributed by atoms with E-state index in [0.717, 1.165) is 56.9 Å². The van der Waals surface area contributed by atoms with Crippen LogP contribution in [0.2, 0.25) is 0 Å². The molecule has 2 aliphatic rings. The maximum Gasteiger partial charge on any atom is 0.251 e. The lowest BCUT2D eigenvalue weighted by Gasteiger charge is -2.31. The van der Waals surface area contributed by atoms with Crippen molar-refractivity contribution in [2.75, 3.05) is 39.4 Å². The van der Waals surface area contributed by atoms with Gasteiger partial charge in [0.1, 0.15) is 0 Å². The highest BCUT2D eigenvalue weighted by atomic mass is 16.5. The van der Waals surface area contributed by atoms with Gasteiger partial charge in [-0.05, 0) is 36.6 Å². The van der Waals surface area contributed by atoms with Crippen LogP contribution in [0.25, 0.3) is 0 Å². The number of aryl methyl sites for hydroxylation is 1. The van der Waals surface area contributed by atoms with Crippen LogP contribution in [0.1, 0.15) is 45.9 Å². The second-order valence-corrected chi connectivity index (χ2v) is 8.47. The molecule has 0 aromatic heterocycles. The van der Waals surface area contributed by atoms with E-state index in [9.17, 15) is 9.59 Å². The molecule has 4 rings (SSSR count). The lowest BCUT2D eigenvalue weighted by atomic mass is 10.0. The van der Waals surface area contributed by atoms with Crippen molar-refractivity contribution in [3.8, 4) is 0 Å². The molecule has 1 atom stereocenters. The van der Waals surface area contributed by atoms with Gasteiger partial charge in [-0.25, -0.2) is 0 Å². The molecular weight excluding hydrogens is 390 g/mol. The van der Waals surface area contributed by atoms with Crippen LogP contribution in [0, 0.1) is 6.92 Å². The number of hydrogen-bond donors (Lipinski definition) is 1. The molecule has 2 saturated heterocycles. The zero-order valence-corrected chi connectivity index (χ0v) is 18.2. The van der Waals surface area contributed by atoms with E-state index in [2.05, 4.69) is 41.4 Å². The number of nitrogens with one attached hydrogen (secondary N) is 1. The van der Waals surface area contributed by atoms with E-state index < -0.39 is 0 Å². The Morgan fingerprint density at radius 2 is 1.74 bits per heavy atom. The van der Waals surface area contributed by atoms with E-state index in [1.807, 2.05) is 29.2 Å². The van der Waals surface area contributed by atoms with Gasteiger partial charge in [-0.2, -0.15) is 0 Å². The molecule has 164 valence electrons. The van der Waals surface area contributed by atoms with Gasteiger partial charge in [-0.3, -0.25) is 14.5 Å². The molecule has 0 aliphatic carbocycles. The molecule has 0 unspecified atom stereocenters. The van der Waals surface area contributed by atoms with Gasteiger partial charge in [-0.1, -0.05) is 42.0 Å². The second-order valence-electron chi connectivity index (χ2n) is 8.47. The lowest BCUT2D eigenvalue weighted by Crippen LogP contribution is -2.43. The fourth-order valence-corrected chi connectivity index (χ4v) is 4.17. The SMILES string of the molecule is Cc1ccc([C@H](CN2CCOCC2)NC(=O)c2ccc(CN3CCCC3=O)cc2)cc1. The average molecular weight is 422 g/mol. The molecule has 31 heavy (non-hydrogen) atoms. The minimum absolute atomic E-state index is 0.0809. The Bertz CT molecular complexity index is 889. The van der Waals surface area contributed by atoms with E-state index in [4.69, 9.17) is 4.74 Å². The summed E-state index contributed by atoms with van der Waals surface area (Å²) >= 11 is 0. The molecule has 0 radical (unpaired) electrons. The summed E-state index contributed by atoms with van der Waals surface area (Å²) in [7, 11) is 0. The van der Waals surface area contributed by atoms with E-state index >= 15 is 0 Å². The van der Waals surface area contributed by atoms with Crippen LogP contribution in [0.5, 0.6) is 0 Å². The van der Waals surface area contributed by atoms with Crippen LogP contribution in [-0.2, 0) is 16.1 Å². The number of nitrogens with zero attached hydrogens (tertiary/aromatic N) is 2. The number of amides is 2. The third-order valence-electron chi connectivity index (χ3n) is 6.09. The molecule has 2 heterocycles. The number of morpholine rings is 1. The standard InChI is InChI=1S/C25H31N3O3/c1-19-4-8-21(9-5-19)23(18-27-13-15-31-16-14-27)26-25(30)22-10-6-20(7-11-22)17-28-12-2-3-24(28)29/h4-11,23H,2-3,12-18H2,1H3,(H,26,30)/t23-/m0/s1. The first-order chi connectivity index (χ1) is 15.1. The summed E-state index contributed by atoms with van der Waals surface area (Å²) in [6.45, 7) is 7.48. The van der Waals surface area contributed by atoms with Gasteiger partial charge in [0.25, 0.3) is 5.91 Å². The van der Waals surface area contributed by atoms with Crippen LogP contribution < -0.4 is 5.32 Å². The maximum absolute atomic E-state index is 13.0. The molecular formula is C25H31N3O3. The number of likely N-dealkylation sites (tertiary alicyclic amines) is 1. The number of carbonyl (C=O) groups is 2. The smallest absolute Gasteiger partial charge is 0.251 e. The predicted octanol–water partition coefficient (Wildman–Crippen LogP) is 2.92. The average Bonchev–Trinajstić information content (AvgIpc) is 3.19. The molecule has 2 amide bonds. The first-order valence-electron chi connectivity index (χ1n) is 11.1. The van der Waals surface area contributed by atoms with Crippen molar-refractivity contribution in [1.82, 2.24) is 15.1 Å². The topological polar surface area (TPSA) is 61.9 Å². The van der Waals surface area contributed by atoms with Gasteiger partial charge in [-0.15, -0.1) is 0 Å². The molecule has 2 aromatic carbocycles. The normalized spacial score (nSPS) is 18.2. The van der Waals surface area contributed by atoms with Crippen LogP contribution in [0.4, 0.5) is 0 Å². The highest BCUT2D eigenvalue weighted by Gasteiger charge is 2.22. The Morgan fingerprint density at radius 3 is 2.39 bits per heavy atom. The van der Waals surface area contributed by atoms with E-state index in [-0.39, 0.29) is 17.9 Å². The van der Waals surface area contributed by atoms with Crippen LogP contribution in [-0.4, -0.2) is 61.0 Å². The van der Waals surface area contributed by atoms with Gasteiger partial charge in [0, 0.05) is 44.7 Å². The summed E-state index contributed by atoms with van der Waals surface area (Å²) in [5.41, 5.74) is 3.99. The van der Waals surface area contributed by atoms with Gasteiger partial charge in [0.15, 0.2) is 0 Å². The van der Waals surface area contributed by atoms with Crippen molar-refractivity contribution in [2.24, 2.45) is 0 Å². The van der Waals surface area contributed by atoms with Crippen molar-refractivity contribution in [3.05, 3.63) is 70.8 Å². The third kappa shape index (κ3) is 5.71. The fourth-order valence-electron chi connectivity index (χ4n) is 4.17. The zero-order chi connectivity index (χ0) is 21.6.